The Bertz CT molecular complexity index is 1350. The predicted molar refractivity (Wildman–Crippen MR) is 117 cm³/mol. The molecule has 3 heterocycles. The zero-order valence-electron chi connectivity index (χ0n) is 17.9. The molecule has 178 valence electrons. The van der Waals surface area contributed by atoms with Crippen LogP contribution >= 0.6 is 11.3 Å². The van der Waals surface area contributed by atoms with E-state index in [4.69, 9.17) is 0 Å². The van der Waals surface area contributed by atoms with E-state index >= 15 is 0 Å². The monoisotopic (exact) mass is 502 g/mol. The number of hydrogen-bond donors (Lipinski definition) is 2. The van der Waals surface area contributed by atoms with Crippen molar-refractivity contribution in [3.63, 3.8) is 0 Å². The van der Waals surface area contributed by atoms with E-state index in [0.29, 0.717) is 40.2 Å². The zero-order chi connectivity index (χ0) is 24.3. The molecule has 8 nitrogen and oxygen atoms in total. The Kier molecular flexibility index (Phi) is 5.57. The Hall–Kier alpha value is -2.51. The van der Waals surface area contributed by atoms with E-state index in [-0.39, 0.29) is 28.1 Å². The molecule has 1 aromatic carbocycles. The Labute approximate surface area is 191 Å². The Balaban J connectivity index is 1.74. The van der Waals surface area contributed by atoms with Crippen molar-refractivity contribution in [3.8, 4) is 0 Å². The van der Waals surface area contributed by atoms with Crippen LogP contribution in [0.4, 0.5) is 18.9 Å². The summed E-state index contributed by atoms with van der Waals surface area (Å²) < 4.78 is 64.1. The molecule has 1 unspecified atom stereocenters. The van der Waals surface area contributed by atoms with Gasteiger partial charge in [0.25, 0.3) is 5.91 Å². The minimum atomic E-state index is -4.66. The summed E-state index contributed by atoms with van der Waals surface area (Å²) in [6, 6.07) is 3.15. The van der Waals surface area contributed by atoms with E-state index in [1.165, 1.54) is 13.8 Å². The van der Waals surface area contributed by atoms with Gasteiger partial charge in [-0.1, -0.05) is 0 Å². The van der Waals surface area contributed by atoms with Crippen LogP contribution in [-0.4, -0.2) is 45.5 Å². The van der Waals surface area contributed by atoms with Crippen LogP contribution in [-0.2, 0) is 28.7 Å². The second-order valence-electron chi connectivity index (χ2n) is 8.56. The number of nitrogens with one attached hydrogen (secondary N) is 1. The van der Waals surface area contributed by atoms with Crippen molar-refractivity contribution in [2.24, 2.45) is 7.05 Å². The summed E-state index contributed by atoms with van der Waals surface area (Å²) in [5.41, 5.74) is -0.991. The first-order valence-corrected chi connectivity index (χ1v) is 12.6. The second kappa shape index (κ2) is 7.77. The largest absolute Gasteiger partial charge is 0.434 e. The number of benzene rings is 1. The molecule has 1 fully saturated rings. The molecule has 1 saturated heterocycles. The molecule has 3 aromatic rings. The van der Waals surface area contributed by atoms with E-state index in [0.717, 1.165) is 5.38 Å². The first kappa shape index (κ1) is 23.6. The van der Waals surface area contributed by atoms with Crippen LogP contribution in [0.25, 0.3) is 11.0 Å². The fourth-order valence-electron chi connectivity index (χ4n) is 3.91. The number of aryl methyl sites for hydroxylation is 1. The highest BCUT2D eigenvalue weighted by Crippen LogP contribution is 2.36. The molecule has 33 heavy (non-hydrogen) atoms. The topological polar surface area (TPSA) is 114 Å². The molecular formula is C20H21F3N4O4S2. The van der Waals surface area contributed by atoms with E-state index in [1.807, 2.05) is 0 Å². The van der Waals surface area contributed by atoms with E-state index in [2.05, 4.69) is 15.3 Å². The van der Waals surface area contributed by atoms with Gasteiger partial charge in [0.2, 0.25) is 0 Å². The highest BCUT2D eigenvalue weighted by molar-refractivity contribution is 7.91. The number of aromatic nitrogens is 3. The standard InChI is InChI=1S/C20H21F3N4O4S2/c1-19(2,29)11-6-13-14(27(3)16(24-13)10-4-5-33(30,31)9-10)7-12(11)25-17(28)18-26-15(8-32-18)20(21,22)23/h6-8,10,29H,4-5,9H2,1-3H3,(H,25,28). The number of carbonyl (C=O) groups is 1. The third-order valence-corrected chi connectivity index (χ3v) is 8.16. The SMILES string of the molecule is Cn1c(C2CCS(=O)(=O)C2)nc2cc(C(C)(C)O)c(NC(=O)c3nc(C(F)(F)F)cs3)cc21. The number of rotatable bonds is 4. The number of amides is 1. The number of imidazole rings is 1. The highest BCUT2D eigenvalue weighted by atomic mass is 32.2. The van der Waals surface area contributed by atoms with Crippen LogP contribution in [0.15, 0.2) is 17.5 Å². The van der Waals surface area contributed by atoms with Crippen molar-refractivity contribution in [1.82, 2.24) is 14.5 Å². The summed E-state index contributed by atoms with van der Waals surface area (Å²) in [6.07, 6.45) is -4.21. The number of fused-ring (bicyclic) bond motifs is 1. The average molecular weight is 503 g/mol. The summed E-state index contributed by atoms with van der Waals surface area (Å²) >= 11 is 0.565. The van der Waals surface area contributed by atoms with Crippen molar-refractivity contribution >= 4 is 43.8 Å². The van der Waals surface area contributed by atoms with Crippen LogP contribution in [0.5, 0.6) is 0 Å². The number of aliphatic hydroxyl groups is 1. The van der Waals surface area contributed by atoms with Crippen LogP contribution < -0.4 is 5.32 Å². The van der Waals surface area contributed by atoms with Crippen molar-refractivity contribution in [3.05, 3.63) is 39.6 Å². The van der Waals surface area contributed by atoms with Crippen molar-refractivity contribution < 1.29 is 31.5 Å². The molecule has 0 saturated carbocycles. The van der Waals surface area contributed by atoms with Gasteiger partial charge in [-0.2, -0.15) is 13.2 Å². The van der Waals surface area contributed by atoms with E-state index in [9.17, 15) is 31.5 Å². The summed E-state index contributed by atoms with van der Waals surface area (Å²) in [4.78, 5) is 20.6. The van der Waals surface area contributed by atoms with Crippen LogP contribution in [0.2, 0.25) is 0 Å². The fraction of sp³-hybridized carbons (Fsp3) is 0.450. The maximum absolute atomic E-state index is 12.8. The molecule has 1 amide bonds. The predicted octanol–water partition coefficient (Wildman–Crippen LogP) is 3.43. The Morgan fingerprint density at radius 3 is 2.52 bits per heavy atom. The number of hydrogen-bond acceptors (Lipinski definition) is 7. The molecule has 2 N–H and O–H groups in total. The highest BCUT2D eigenvalue weighted by Gasteiger charge is 2.35. The second-order valence-corrected chi connectivity index (χ2v) is 11.7. The summed E-state index contributed by atoms with van der Waals surface area (Å²) in [5, 5.41) is 13.6. The third-order valence-electron chi connectivity index (χ3n) is 5.55. The maximum Gasteiger partial charge on any atom is 0.434 e. The molecule has 13 heteroatoms. The summed E-state index contributed by atoms with van der Waals surface area (Å²) in [6.45, 7) is 3.00. The molecule has 1 atom stereocenters. The number of sulfone groups is 1. The third kappa shape index (κ3) is 4.62. The molecule has 2 aromatic heterocycles. The normalized spacial score (nSPS) is 18.7. The molecule has 0 radical (unpaired) electrons. The zero-order valence-corrected chi connectivity index (χ0v) is 19.5. The molecule has 0 aliphatic carbocycles. The lowest BCUT2D eigenvalue weighted by atomic mass is 9.95. The van der Waals surface area contributed by atoms with Crippen LogP contribution in [0.3, 0.4) is 0 Å². The van der Waals surface area contributed by atoms with Gasteiger partial charge >= 0.3 is 6.18 Å². The van der Waals surface area contributed by atoms with Gasteiger partial charge in [0.1, 0.15) is 5.82 Å². The van der Waals surface area contributed by atoms with Gasteiger partial charge in [0, 0.05) is 29.6 Å². The van der Waals surface area contributed by atoms with Gasteiger partial charge in [-0.3, -0.25) is 4.79 Å². The Morgan fingerprint density at radius 1 is 1.27 bits per heavy atom. The van der Waals surface area contributed by atoms with Crippen LogP contribution in [0.1, 0.15) is 53.1 Å². The van der Waals surface area contributed by atoms with Gasteiger partial charge < -0.3 is 15.0 Å². The van der Waals surface area contributed by atoms with Gasteiger partial charge in [0.15, 0.2) is 20.5 Å². The lowest BCUT2D eigenvalue weighted by Gasteiger charge is -2.22. The maximum atomic E-state index is 12.8. The first-order chi connectivity index (χ1) is 15.2. The van der Waals surface area contributed by atoms with Crippen molar-refractivity contribution in [2.75, 3.05) is 16.8 Å². The minimum absolute atomic E-state index is 0.00229. The van der Waals surface area contributed by atoms with Gasteiger partial charge in [0.05, 0.1) is 28.1 Å². The number of anilines is 1. The number of nitrogens with zero attached hydrogens (tertiary/aromatic N) is 3. The summed E-state index contributed by atoms with van der Waals surface area (Å²) in [5.74, 6) is -0.453. The molecule has 1 aliphatic heterocycles. The smallest absolute Gasteiger partial charge is 0.386 e. The average Bonchev–Trinajstić information content (AvgIpc) is 3.38. The van der Waals surface area contributed by atoms with Crippen molar-refractivity contribution in [1.29, 1.82) is 0 Å². The quantitative estimate of drug-likeness (QED) is 0.565. The lowest BCUT2D eigenvalue weighted by Crippen LogP contribution is -2.21. The summed E-state index contributed by atoms with van der Waals surface area (Å²) in [7, 11) is -1.41. The number of alkyl halides is 3. The Morgan fingerprint density at radius 2 is 1.97 bits per heavy atom. The van der Waals surface area contributed by atoms with Crippen LogP contribution in [0, 0.1) is 0 Å². The van der Waals surface area contributed by atoms with Crippen molar-refractivity contribution in [2.45, 2.75) is 38.0 Å². The molecule has 0 spiro atoms. The lowest BCUT2D eigenvalue weighted by molar-refractivity contribution is -0.140. The fourth-order valence-corrected chi connectivity index (χ4v) is 6.37. The molecule has 4 rings (SSSR count). The molecule has 0 bridgehead atoms. The van der Waals surface area contributed by atoms with Gasteiger partial charge in [-0.05, 0) is 32.4 Å². The number of carbonyl (C=O) groups excluding carboxylic acids is 1. The van der Waals surface area contributed by atoms with Gasteiger partial charge in [-0.15, -0.1) is 11.3 Å². The minimum Gasteiger partial charge on any atom is -0.386 e. The number of halogens is 3. The number of thiazole rings is 1. The first-order valence-electron chi connectivity index (χ1n) is 9.93. The van der Waals surface area contributed by atoms with E-state index < -0.39 is 33.2 Å². The molecular weight excluding hydrogens is 481 g/mol. The molecule has 1 aliphatic rings. The van der Waals surface area contributed by atoms with Gasteiger partial charge in [-0.25, -0.2) is 18.4 Å². The van der Waals surface area contributed by atoms with E-state index in [1.54, 1.807) is 23.7 Å².